The molecule has 116 valence electrons. The van der Waals surface area contributed by atoms with Gasteiger partial charge in [-0.3, -0.25) is 9.53 Å². The highest BCUT2D eigenvalue weighted by Gasteiger charge is 2.46. The van der Waals surface area contributed by atoms with E-state index in [1.165, 1.54) is 11.5 Å². The van der Waals surface area contributed by atoms with Crippen molar-refractivity contribution in [3.8, 4) is 11.3 Å². The number of hydrogen-bond acceptors (Lipinski definition) is 4. The molecule has 1 unspecified atom stereocenters. The minimum Gasteiger partial charge on any atom is -0.336 e. The van der Waals surface area contributed by atoms with Gasteiger partial charge in [0.25, 0.3) is 0 Å². The molecule has 1 aromatic heterocycles. The van der Waals surface area contributed by atoms with Crippen molar-refractivity contribution in [3.05, 3.63) is 36.4 Å². The maximum atomic E-state index is 11.9. The first-order valence-electron chi connectivity index (χ1n) is 7.00. The lowest BCUT2D eigenvalue weighted by Crippen LogP contribution is -2.38. The predicted molar refractivity (Wildman–Crippen MR) is 90.6 cm³/mol. The van der Waals surface area contributed by atoms with E-state index in [4.69, 9.17) is 0 Å². The molecule has 3 rings (SSSR count). The molecular formula is C15H17N3O2S2. The van der Waals surface area contributed by atoms with E-state index >= 15 is 0 Å². The van der Waals surface area contributed by atoms with E-state index in [1.807, 2.05) is 36.4 Å². The molecule has 2 amide bonds. The van der Waals surface area contributed by atoms with Gasteiger partial charge in [0.1, 0.15) is 5.00 Å². The molecule has 0 radical (unpaired) electrons. The number of anilines is 1. The van der Waals surface area contributed by atoms with Gasteiger partial charge in [0.05, 0.1) is 10.4 Å². The Morgan fingerprint density at radius 2 is 2.09 bits per heavy atom. The first-order chi connectivity index (χ1) is 10.6. The predicted octanol–water partition coefficient (Wildman–Crippen LogP) is 2.84. The van der Waals surface area contributed by atoms with E-state index < -0.39 is 10.8 Å². The second kappa shape index (κ2) is 6.18. The SMILES string of the molecule is CS(=O)C1(CNC(=O)Nc2cc(-c3ccccc3)ns2)CC1. The third-order valence-corrected chi connectivity index (χ3v) is 6.28. The summed E-state index contributed by atoms with van der Waals surface area (Å²) in [5, 5.41) is 6.27. The van der Waals surface area contributed by atoms with Crippen LogP contribution in [0.3, 0.4) is 0 Å². The second-order valence-electron chi connectivity index (χ2n) is 5.39. The van der Waals surface area contributed by atoms with E-state index in [2.05, 4.69) is 15.0 Å². The fourth-order valence-corrected chi connectivity index (χ4v) is 3.79. The summed E-state index contributed by atoms with van der Waals surface area (Å²) in [7, 11) is -0.901. The van der Waals surface area contributed by atoms with Gasteiger partial charge in [-0.25, -0.2) is 4.79 Å². The van der Waals surface area contributed by atoms with Crippen LogP contribution in [-0.2, 0) is 10.8 Å². The van der Waals surface area contributed by atoms with Gasteiger partial charge in [-0.05, 0) is 24.4 Å². The molecule has 22 heavy (non-hydrogen) atoms. The summed E-state index contributed by atoms with van der Waals surface area (Å²) in [6.45, 7) is 0.451. The summed E-state index contributed by atoms with van der Waals surface area (Å²) >= 11 is 1.25. The molecule has 2 N–H and O–H groups in total. The Morgan fingerprint density at radius 1 is 1.36 bits per heavy atom. The number of aromatic nitrogens is 1. The first-order valence-corrected chi connectivity index (χ1v) is 9.33. The molecule has 0 bridgehead atoms. The third kappa shape index (κ3) is 3.36. The van der Waals surface area contributed by atoms with Crippen molar-refractivity contribution in [2.45, 2.75) is 17.6 Å². The van der Waals surface area contributed by atoms with Crippen molar-refractivity contribution in [2.75, 3.05) is 18.1 Å². The Bertz CT molecular complexity index is 696. The van der Waals surface area contributed by atoms with Crippen LogP contribution >= 0.6 is 11.5 Å². The molecule has 0 aliphatic heterocycles. The lowest BCUT2D eigenvalue weighted by molar-refractivity contribution is 0.252. The number of carbonyl (C=O) groups is 1. The molecule has 1 atom stereocenters. The largest absolute Gasteiger partial charge is 0.336 e. The zero-order valence-electron chi connectivity index (χ0n) is 12.2. The highest BCUT2D eigenvalue weighted by atomic mass is 32.2. The monoisotopic (exact) mass is 335 g/mol. The van der Waals surface area contributed by atoms with Gasteiger partial charge in [0, 0.05) is 35.2 Å². The molecule has 1 aliphatic rings. The molecule has 1 saturated carbocycles. The van der Waals surface area contributed by atoms with E-state index in [9.17, 15) is 9.00 Å². The van der Waals surface area contributed by atoms with Gasteiger partial charge in [0.2, 0.25) is 0 Å². The summed E-state index contributed by atoms with van der Waals surface area (Å²) in [5.41, 5.74) is 1.86. The van der Waals surface area contributed by atoms with Gasteiger partial charge in [0.15, 0.2) is 0 Å². The van der Waals surface area contributed by atoms with Crippen molar-refractivity contribution in [1.82, 2.24) is 9.69 Å². The normalized spacial score (nSPS) is 16.8. The zero-order chi connectivity index (χ0) is 15.6. The summed E-state index contributed by atoms with van der Waals surface area (Å²) in [5.74, 6) is 0. The van der Waals surface area contributed by atoms with Crippen molar-refractivity contribution < 1.29 is 9.00 Å². The highest BCUT2D eigenvalue weighted by Crippen LogP contribution is 2.40. The Morgan fingerprint density at radius 3 is 2.73 bits per heavy atom. The number of hydrogen-bond donors (Lipinski definition) is 2. The van der Waals surface area contributed by atoms with Crippen molar-refractivity contribution in [1.29, 1.82) is 0 Å². The zero-order valence-corrected chi connectivity index (χ0v) is 13.8. The highest BCUT2D eigenvalue weighted by molar-refractivity contribution is 7.86. The van der Waals surface area contributed by atoms with Crippen LogP contribution in [0.2, 0.25) is 0 Å². The molecule has 5 nitrogen and oxygen atoms in total. The average Bonchev–Trinajstić information content (AvgIpc) is 3.19. The summed E-state index contributed by atoms with van der Waals surface area (Å²) in [4.78, 5) is 11.9. The molecule has 1 aromatic carbocycles. The van der Waals surface area contributed by atoms with E-state index in [0.717, 1.165) is 24.1 Å². The Kier molecular flexibility index (Phi) is 4.26. The van der Waals surface area contributed by atoms with Gasteiger partial charge in [-0.1, -0.05) is 30.3 Å². The van der Waals surface area contributed by atoms with E-state index in [0.29, 0.717) is 11.5 Å². The van der Waals surface area contributed by atoms with Gasteiger partial charge >= 0.3 is 6.03 Å². The maximum absolute atomic E-state index is 11.9. The third-order valence-electron chi connectivity index (χ3n) is 3.81. The van der Waals surface area contributed by atoms with Gasteiger partial charge in [-0.2, -0.15) is 4.37 Å². The number of rotatable bonds is 5. The molecule has 0 saturated heterocycles. The molecule has 7 heteroatoms. The van der Waals surface area contributed by atoms with Crippen molar-refractivity contribution in [2.24, 2.45) is 0 Å². The van der Waals surface area contributed by atoms with Gasteiger partial charge < -0.3 is 5.32 Å². The van der Waals surface area contributed by atoms with Gasteiger partial charge in [-0.15, -0.1) is 0 Å². The summed E-state index contributed by atoms with van der Waals surface area (Å²) in [6.07, 6.45) is 3.52. The number of nitrogens with one attached hydrogen (secondary N) is 2. The molecule has 1 aliphatic carbocycles. The summed E-state index contributed by atoms with van der Waals surface area (Å²) < 4.78 is 15.7. The topological polar surface area (TPSA) is 71.1 Å². The fraction of sp³-hybridized carbons (Fsp3) is 0.333. The second-order valence-corrected chi connectivity index (χ2v) is 7.97. The average molecular weight is 335 g/mol. The van der Waals surface area contributed by atoms with Crippen LogP contribution in [0.4, 0.5) is 9.80 Å². The number of urea groups is 1. The Balaban J connectivity index is 1.56. The molecule has 0 spiro atoms. The molecule has 2 aromatic rings. The lowest BCUT2D eigenvalue weighted by atomic mass is 10.2. The molecular weight excluding hydrogens is 318 g/mol. The van der Waals surface area contributed by atoms with E-state index in [-0.39, 0.29) is 10.8 Å². The molecule has 1 heterocycles. The molecule has 1 fully saturated rings. The quantitative estimate of drug-likeness (QED) is 0.882. The minimum absolute atomic E-state index is 0.208. The van der Waals surface area contributed by atoms with Crippen LogP contribution in [0.1, 0.15) is 12.8 Å². The number of benzene rings is 1. The number of nitrogens with zero attached hydrogens (tertiary/aromatic N) is 1. The van der Waals surface area contributed by atoms with Crippen LogP contribution in [0.15, 0.2) is 36.4 Å². The van der Waals surface area contributed by atoms with E-state index in [1.54, 1.807) is 6.26 Å². The summed E-state index contributed by atoms with van der Waals surface area (Å²) in [6, 6.07) is 11.4. The lowest BCUT2D eigenvalue weighted by Gasteiger charge is -2.12. The van der Waals surface area contributed by atoms with Crippen molar-refractivity contribution >= 4 is 33.4 Å². The van der Waals surface area contributed by atoms with Crippen LogP contribution in [0, 0.1) is 0 Å². The standard InChI is InChI=1S/C15H17N3O2S2/c1-22(20)15(7-8-15)10-16-14(19)17-13-9-12(18-21-13)11-5-3-2-4-6-11/h2-6,9H,7-8,10H2,1H3,(H2,16,17,19). The maximum Gasteiger partial charge on any atom is 0.319 e. The van der Waals surface area contributed by atoms with Crippen LogP contribution in [0.5, 0.6) is 0 Å². The van der Waals surface area contributed by atoms with Crippen LogP contribution in [0.25, 0.3) is 11.3 Å². The first kappa shape index (κ1) is 15.2. The smallest absolute Gasteiger partial charge is 0.319 e. The van der Waals surface area contributed by atoms with Crippen molar-refractivity contribution in [3.63, 3.8) is 0 Å². The fourth-order valence-electron chi connectivity index (χ4n) is 2.18. The number of amides is 2. The number of carbonyl (C=O) groups excluding carboxylic acids is 1. The Labute approximate surface area is 135 Å². The van der Waals surface area contributed by atoms with Crippen LogP contribution in [-0.4, -0.2) is 32.2 Å². The Hall–Kier alpha value is -1.73. The minimum atomic E-state index is -0.901. The van der Waals surface area contributed by atoms with Crippen LogP contribution < -0.4 is 10.6 Å².